The summed E-state index contributed by atoms with van der Waals surface area (Å²) in [7, 11) is 0. The van der Waals surface area contributed by atoms with Gasteiger partial charge in [-0.2, -0.15) is 0 Å². The van der Waals surface area contributed by atoms with Crippen LogP contribution in [0.4, 0.5) is 0 Å². The molecular formula is C19H37N. The zero-order valence-electron chi connectivity index (χ0n) is 14.4. The smallest absolute Gasteiger partial charge is 0.00928 e. The first-order valence-electron chi connectivity index (χ1n) is 9.20. The fraction of sp³-hybridized carbons (Fsp3) is 1.00. The van der Waals surface area contributed by atoms with Crippen molar-refractivity contribution in [1.29, 1.82) is 0 Å². The van der Waals surface area contributed by atoms with Crippen LogP contribution in [0.1, 0.15) is 85.5 Å². The average molecular weight is 280 g/mol. The fourth-order valence-corrected chi connectivity index (χ4v) is 4.35. The van der Waals surface area contributed by atoms with Crippen molar-refractivity contribution in [3.8, 4) is 0 Å². The molecule has 2 rings (SSSR count). The van der Waals surface area contributed by atoms with Crippen LogP contribution < -0.4 is 5.32 Å². The topological polar surface area (TPSA) is 12.0 Å². The number of hydrogen-bond donors (Lipinski definition) is 1. The van der Waals surface area contributed by atoms with Gasteiger partial charge in [0.2, 0.25) is 0 Å². The van der Waals surface area contributed by atoms with Crippen LogP contribution in [0.15, 0.2) is 0 Å². The summed E-state index contributed by atoms with van der Waals surface area (Å²) in [6.45, 7) is 11.0. The van der Waals surface area contributed by atoms with Gasteiger partial charge in [0.25, 0.3) is 0 Å². The molecule has 0 saturated heterocycles. The maximum absolute atomic E-state index is 3.93. The van der Waals surface area contributed by atoms with E-state index in [2.05, 4.69) is 33.0 Å². The highest BCUT2D eigenvalue weighted by Gasteiger charge is 2.30. The summed E-state index contributed by atoms with van der Waals surface area (Å²) in [6, 6.07) is 0.804. The molecule has 0 spiro atoms. The Hall–Kier alpha value is -0.0400. The zero-order chi connectivity index (χ0) is 14.6. The molecule has 2 aliphatic carbocycles. The second-order valence-electron chi connectivity index (χ2n) is 8.71. The van der Waals surface area contributed by atoms with Gasteiger partial charge in [0.1, 0.15) is 0 Å². The van der Waals surface area contributed by atoms with Gasteiger partial charge in [0.15, 0.2) is 0 Å². The van der Waals surface area contributed by atoms with E-state index in [1.165, 1.54) is 64.3 Å². The molecule has 0 amide bonds. The Labute approximate surface area is 127 Å². The van der Waals surface area contributed by atoms with Gasteiger partial charge >= 0.3 is 0 Å². The first-order chi connectivity index (χ1) is 9.47. The molecule has 1 nitrogen and oxygen atoms in total. The van der Waals surface area contributed by atoms with Crippen LogP contribution >= 0.6 is 0 Å². The monoisotopic (exact) mass is 279 g/mol. The van der Waals surface area contributed by atoms with Gasteiger partial charge in [0.05, 0.1) is 0 Å². The Bertz CT molecular complexity index is 270. The van der Waals surface area contributed by atoms with Crippen LogP contribution in [0.3, 0.4) is 0 Å². The molecule has 1 N–H and O–H groups in total. The minimum Gasteiger partial charge on any atom is -0.313 e. The van der Waals surface area contributed by atoms with E-state index in [9.17, 15) is 0 Å². The van der Waals surface area contributed by atoms with E-state index < -0.39 is 0 Å². The van der Waals surface area contributed by atoms with Gasteiger partial charge in [0, 0.05) is 6.04 Å². The highest BCUT2D eigenvalue weighted by Crippen LogP contribution is 2.39. The summed E-state index contributed by atoms with van der Waals surface area (Å²) >= 11 is 0. The lowest BCUT2D eigenvalue weighted by Crippen LogP contribution is -2.39. The summed E-state index contributed by atoms with van der Waals surface area (Å²) in [5, 5.41) is 3.93. The normalized spacial score (nSPS) is 36.6. The fourth-order valence-electron chi connectivity index (χ4n) is 4.35. The van der Waals surface area contributed by atoms with Gasteiger partial charge in [-0.1, -0.05) is 47.0 Å². The van der Waals surface area contributed by atoms with Gasteiger partial charge in [-0.15, -0.1) is 0 Å². The molecule has 2 atom stereocenters. The van der Waals surface area contributed by atoms with Crippen LogP contribution in [-0.2, 0) is 0 Å². The van der Waals surface area contributed by atoms with Crippen LogP contribution in [0.5, 0.6) is 0 Å². The predicted octanol–water partition coefficient (Wildman–Crippen LogP) is 5.40. The van der Waals surface area contributed by atoms with Gasteiger partial charge in [-0.3, -0.25) is 0 Å². The number of hydrogen-bond acceptors (Lipinski definition) is 1. The van der Waals surface area contributed by atoms with Crippen molar-refractivity contribution >= 4 is 0 Å². The van der Waals surface area contributed by atoms with Crippen molar-refractivity contribution < 1.29 is 0 Å². The molecule has 0 heterocycles. The highest BCUT2D eigenvalue weighted by molar-refractivity contribution is 4.83. The van der Waals surface area contributed by atoms with Crippen molar-refractivity contribution in [2.45, 2.75) is 91.5 Å². The SMILES string of the molecule is CC1CCCCCC1NCC1CCC(C(C)(C)C)CC1. The molecule has 2 fully saturated rings. The quantitative estimate of drug-likeness (QED) is 0.682. The molecule has 2 saturated carbocycles. The van der Waals surface area contributed by atoms with Crippen molar-refractivity contribution in [3.63, 3.8) is 0 Å². The summed E-state index contributed by atoms with van der Waals surface area (Å²) in [5.41, 5.74) is 0.522. The van der Waals surface area contributed by atoms with E-state index in [1.54, 1.807) is 0 Å². The zero-order valence-corrected chi connectivity index (χ0v) is 14.4. The summed E-state index contributed by atoms with van der Waals surface area (Å²) in [6.07, 6.45) is 13.0. The van der Waals surface area contributed by atoms with Gasteiger partial charge in [-0.05, 0) is 68.2 Å². The highest BCUT2D eigenvalue weighted by atomic mass is 14.9. The van der Waals surface area contributed by atoms with Crippen molar-refractivity contribution in [2.24, 2.45) is 23.2 Å². The Morgan fingerprint density at radius 3 is 2.15 bits per heavy atom. The van der Waals surface area contributed by atoms with Crippen LogP contribution in [0.2, 0.25) is 0 Å². The Morgan fingerprint density at radius 2 is 1.50 bits per heavy atom. The number of rotatable bonds is 3. The van der Waals surface area contributed by atoms with Crippen LogP contribution in [0, 0.1) is 23.2 Å². The van der Waals surface area contributed by atoms with Crippen LogP contribution in [0.25, 0.3) is 0 Å². The Kier molecular flexibility index (Phi) is 5.95. The number of nitrogens with one attached hydrogen (secondary N) is 1. The molecule has 0 aromatic carbocycles. The predicted molar refractivity (Wildman–Crippen MR) is 88.9 cm³/mol. The van der Waals surface area contributed by atoms with E-state index in [-0.39, 0.29) is 0 Å². The molecule has 2 unspecified atom stereocenters. The van der Waals surface area contributed by atoms with Gasteiger partial charge in [-0.25, -0.2) is 0 Å². The minimum absolute atomic E-state index is 0.522. The summed E-state index contributed by atoms with van der Waals surface area (Å²) in [5.74, 6) is 2.79. The second kappa shape index (κ2) is 7.29. The van der Waals surface area contributed by atoms with E-state index in [4.69, 9.17) is 0 Å². The molecule has 2 aliphatic rings. The van der Waals surface area contributed by atoms with Crippen molar-refractivity contribution in [1.82, 2.24) is 5.32 Å². The van der Waals surface area contributed by atoms with Crippen LogP contribution in [-0.4, -0.2) is 12.6 Å². The molecule has 0 aliphatic heterocycles. The lowest BCUT2D eigenvalue weighted by atomic mass is 9.70. The molecular weight excluding hydrogens is 242 g/mol. The lowest BCUT2D eigenvalue weighted by Gasteiger charge is -2.37. The molecule has 0 aromatic rings. The van der Waals surface area contributed by atoms with E-state index in [0.29, 0.717) is 5.41 Å². The lowest BCUT2D eigenvalue weighted by molar-refractivity contribution is 0.146. The van der Waals surface area contributed by atoms with E-state index in [0.717, 1.165) is 23.8 Å². The Balaban J connectivity index is 1.70. The second-order valence-corrected chi connectivity index (χ2v) is 8.71. The molecule has 0 bridgehead atoms. The minimum atomic E-state index is 0.522. The standard InChI is InChI=1S/C19H37N/c1-15-8-6-5-7-9-18(15)20-14-16-10-12-17(13-11-16)19(2,3)4/h15-18,20H,5-14H2,1-4H3. The summed E-state index contributed by atoms with van der Waals surface area (Å²) in [4.78, 5) is 0. The average Bonchev–Trinajstić information content (AvgIpc) is 2.61. The van der Waals surface area contributed by atoms with E-state index >= 15 is 0 Å². The third kappa shape index (κ3) is 4.76. The van der Waals surface area contributed by atoms with Crippen molar-refractivity contribution in [2.75, 3.05) is 6.54 Å². The molecule has 20 heavy (non-hydrogen) atoms. The first-order valence-corrected chi connectivity index (χ1v) is 9.20. The van der Waals surface area contributed by atoms with Crippen molar-refractivity contribution in [3.05, 3.63) is 0 Å². The summed E-state index contributed by atoms with van der Waals surface area (Å²) < 4.78 is 0. The van der Waals surface area contributed by atoms with E-state index in [1.807, 2.05) is 0 Å². The largest absolute Gasteiger partial charge is 0.313 e. The maximum Gasteiger partial charge on any atom is 0.00928 e. The van der Waals surface area contributed by atoms with Gasteiger partial charge < -0.3 is 5.32 Å². The molecule has 1 heteroatoms. The molecule has 0 radical (unpaired) electrons. The third-order valence-electron chi connectivity index (χ3n) is 6.10. The molecule has 0 aromatic heterocycles. The third-order valence-corrected chi connectivity index (χ3v) is 6.10. The Morgan fingerprint density at radius 1 is 0.850 bits per heavy atom. The first kappa shape index (κ1) is 16.3. The molecule has 118 valence electrons. The maximum atomic E-state index is 3.93.